The van der Waals surface area contributed by atoms with Crippen molar-refractivity contribution < 1.29 is 14.5 Å². The highest BCUT2D eigenvalue weighted by atomic mass is 16.6. The van der Waals surface area contributed by atoms with Gasteiger partial charge in [-0.25, -0.2) is 0 Å². The van der Waals surface area contributed by atoms with Crippen LogP contribution in [0.4, 0.5) is 11.4 Å². The summed E-state index contributed by atoms with van der Waals surface area (Å²) in [7, 11) is 0. The molecular formula is C24H20N4O4. The number of nitrogens with one attached hydrogen (secondary N) is 1. The van der Waals surface area contributed by atoms with Gasteiger partial charge in [0.2, 0.25) is 0 Å². The number of imide groups is 1. The third-order valence-corrected chi connectivity index (χ3v) is 5.46. The molecule has 2 aromatic carbocycles. The van der Waals surface area contributed by atoms with E-state index in [-0.39, 0.29) is 23.5 Å². The van der Waals surface area contributed by atoms with E-state index in [1.54, 1.807) is 24.5 Å². The Balaban J connectivity index is 1.78. The molecule has 0 unspecified atom stereocenters. The molecule has 8 heteroatoms. The first-order chi connectivity index (χ1) is 15.4. The minimum absolute atomic E-state index is 0.0694. The molecule has 1 aliphatic heterocycles. The molecule has 0 bridgehead atoms. The van der Waals surface area contributed by atoms with Gasteiger partial charge < -0.3 is 5.32 Å². The standard InChI is InChI=1S/C24H20N4O4/c1-15-5-3-7-20(16(15)2)26-22-21(18-8-10-19(11-9-18)28(31)32)23(29)27(24(22)30)14-17-6-4-12-25-13-17/h3-13,26H,14H2,1-2H3. The number of benzene rings is 2. The zero-order valence-corrected chi connectivity index (χ0v) is 17.5. The van der Waals surface area contributed by atoms with Crippen LogP contribution >= 0.6 is 0 Å². The summed E-state index contributed by atoms with van der Waals surface area (Å²) in [4.78, 5) is 42.4. The van der Waals surface area contributed by atoms with Crippen molar-refractivity contribution in [1.82, 2.24) is 9.88 Å². The Hall–Kier alpha value is -4.33. The van der Waals surface area contributed by atoms with Gasteiger partial charge in [0.25, 0.3) is 17.5 Å². The average molecular weight is 428 g/mol. The largest absolute Gasteiger partial charge is 0.350 e. The van der Waals surface area contributed by atoms with Crippen LogP contribution in [0, 0.1) is 24.0 Å². The van der Waals surface area contributed by atoms with E-state index in [4.69, 9.17) is 0 Å². The minimum atomic E-state index is -0.510. The lowest BCUT2D eigenvalue weighted by Crippen LogP contribution is -2.32. The number of aryl methyl sites for hydroxylation is 1. The van der Waals surface area contributed by atoms with E-state index in [0.29, 0.717) is 16.8 Å². The Morgan fingerprint density at radius 2 is 1.75 bits per heavy atom. The van der Waals surface area contributed by atoms with E-state index in [9.17, 15) is 19.7 Å². The van der Waals surface area contributed by atoms with Gasteiger partial charge in [0.05, 0.1) is 17.0 Å². The van der Waals surface area contributed by atoms with Crippen LogP contribution in [0.3, 0.4) is 0 Å². The van der Waals surface area contributed by atoms with Crippen molar-refractivity contribution >= 4 is 28.8 Å². The van der Waals surface area contributed by atoms with E-state index in [1.807, 2.05) is 32.0 Å². The van der Waals surface area contributed by atoms with Crippen LogP contribution < -0.4 is 5.32 Å². The number of nitro benzene ring substituents is 1. The maximum absolute atomic E-state index is 13.3. The normalized spacial score (nSPS) is 13.6. The predicted octanol–water partition coefficient (Wildman–Crippen LogP) is 4.00. The Morgan fingerprint density at radius 3 is 2.41 bits per heavy atom. The number of aromatic nitrogens is 1. The summed E-state index contributed by atoms with van der Waals surface area (Å²) >= 11 is 0. The van der Waals surface area contributed by atoms with Crippen LogP contribution in [0.15, 0.2) is 72.7 Å². The lowest BCUT2D eigenvalue weighted by atomic mass is 10.0. The van der Waals surface area contributed by atoms with Gasteiger partial charge in [-0.05, 0) is 60.4 Å². The maximum atomic E-state index is 13.3. The molecule has 0 aliphatic carbocycles. The molecule has 0 saturated heterocycles. The Morgan fingerprint density at radius 1 is 1.00 bits per heavy atom. The average Bonchev–Trinajstić information content (AvgIpc) is 3.02. The molecule has 160 valence electrons. The molecule has 32 heavy (non-hydrogen) atoms. The minimum Gasteiger partial charge on any atom is -0.350 e. The Kier molecular flexibility index (Phi) is 5.51. The van der Waals surface area contributed by atoms with Crippen LogP contribution in [-0.4, -0.2) is 26.6 Å². The predicted molar refractivity (Wildman–Crippen MR) is 119 cm³/mol. The molecule has 2 heterocycles. The highest BCUT2D eigenvalue weighted by Gasteiger charge is 2.39. The van der Waals surface area contributed by atoms with Crippen molar-refractivity contribution in [2.75, 3.05) is 5.32 Å². The van der Waals surface area contributed by atoms with Crippen molar-refractivity contribution in [3.63, 3.8) is 0 Å². The van der Waals surface area contributed by atoms with Crippen LogP contribution in [0.1, 0.15) is 22.3 Å². The fraction of sp³-hybridized carbons (Fsp3) is 0.125. The second-order valence-electron chi connectivity index (χ2n) is 7.48. The van der Waals surface area contributed by atoms with Crippen LogP contribution in [-0.2, 0) is 16.1 Å². The maximum Gasteiger partial charge on any atom is 0.278 e. The van der Waals surface area contributed by atoms with Crippen LogP contribution in [0.25, 0.3) is 5.57 Å². The fourth-order valence-electron chi connectivity index (χ4n) is 3.55. The van der Waals surface area contributed by atoms with Crippen molar-refractivity contribution in [1.29, 1.82) is 0 Å². The second kappa shape index (κ2) is 8.43. The van der Waals surface area contributed by atoms with Gasteiger partial charge in [-0.2, -0.15) is 0 Å². The third-order valence-electron chi connectivity index (χ3n) is 5.46. The molecular weight excluding hydrogens is 408 g/mol. The van der Waals surface area contributed by atoms with E-state index >= 15 is 0 Å². The second-order valence-corrected chi connectivity index (χ2v) is 7.48. The highest BCUT2D eigenvalue weighted by molar-refractivity contribution is 6.36. The van der Waals surface area contributed by atoms with Gasteiger partial charge in [-0.15, -0.1) is 0 Å². The molecule has 0 saturated carbocycles. The van der Waals surface area contributed by atoms with Gasteiger partial charge >= 0.3 is 0 Å². The molecule has 0 radical (unpaired) electrons. The van der Waals surface area contributed by atoms with Gasteiger partial charge in [-0.3, -0.25) is 29.6 Å². The summed E-state index contributed by atoms with van der Waals surface area (Å²) in [5.41, 5.74) is 4.06. The van der Waals surface area contributed by atoms with Crippen LogP contribution in [0.2, 0.25) is 0 Å². The summed E-state index contributed by atoms with van der Waals surface area (Å²) in [5.74, 6) is -0.936. The van der Waals surface area contributed by atoms with E-state index in [0.717, 1.165) is 16.0 Å². The van der Waals surface area contributed by atoms with E-state index in [2.05, 4.69) is 10.3 Å². The molecule has 8 nitrogen and oxygen atoms in total. The number of non-ortho nitro benzene ring substituents is 1. The SMILES string of the molecule is Cc1cccc(NC2=C(c3ccc([N+](=O)[O-])cc3)C(=O)N(Cc3cccnc3)C2=O)c1C. The van der Waals surface area contributed by atoms with Gasteiger partial charge in [0, 0.05) is 30.2 Å². The Bertz CT molecular complexity index is 1250. The van der Waals surface area contributed by atoms with Crippen molar-refractivity contribution in [2.24, 2.45) is 0 Å². The third kappa shape index (κ3) is 3.85. The zero-order valence-electron chi connectivity index (χ0n) is 17.5. The summed E-state index contributed by atoms with van der Waals surface area (Å²) in [5, 5.41) is 14.2. The van der Waals surface area contributed by atoms with Crippen molar-refractivity contribution in [3.8, 4) is 0 Å². The lowest BCUT2D eigenvalue weighted by Gasteiger charge is -2.16. The molecule has 4 rings (SSSR count). The molecule has 2 amide bonds. The molecule has 1 N–H and O–H groups in total. The molecule has 0 atom stereocenters. The number of hydrogen-bond acceptors (Lipinski definition) is 6. The topological polar surface area (TPSA) is 105 Å². The van der Waals surface area contributed by atoms with Gasteiger partial charge in [0.1, 0.15) is 5.70 Å². The first kappa shape index (κ1) is 20.9. The quantitative estimate of drug-likeness (QED) is 0.361. The molecule has 1 aromatic heterocycles. The van der Waals surface area contributed by atoms with Crippen molar-refractivity contribution in [3.05, 3.63) is 105 Å². The molecule has 3 aromatic rings. The first-order valence-corrected chi connectivity index (χ1v) is 9.94. The molecule has 1 aliphatic rings. The van der Waals surface area contributed by atoms with E-state index in [1.165, 1.54) is 24.3 Å². The number of hydrogen-bond donors (Lipinski definition) is 1. The zero-order chi connectivity index (χ0) is 22.8. The fourth-order valence-corrected chi connectivity index (χ4v) is 3.55. The monoisotopic (exact) mass is 428 g/mol. The van der Waals surface area contributed by atoms with Gasteiger partial charge in [-0.1, -0.05) is 18.2 Å². The number of anilines is 1. The number of carbonyl (C=O) groups is 2. The number of pyridine rings is 1. The number of rotatable bonds is 6. The summed E-state index contributed by atoms with van der Waals surface area (Å²) < 4.78 is 0. The summed E-state index contributed by atoms with van der Waals surface area (Å²) in [6.07, 6.45) is 3.22. The summed E-state index contributed by atoms with van der Waals surface area (Å²) in [6, 6.07) is 14.8. The first-order valence-electron chi connectivity index (χ1n) is 9.94. The van der Waals surface area contributed by atoms with Gasteiger partial charge in [0.15, 0.2) is 0 Å². The molecule has 0 fully saturated rings. The number of amides is 2. The number of nitro groups is 1. The smallest absolute Gasteiger partial charge is 0.278 e. The Labute approximate surface area is 184 Å². The number of nitrogens with zero attached hydrogens (tertiary/aromatic N) is 3. The van der Waals surface area contributed by atoms with Crippen LogP contribution in [0.5, 0.6) is 0 Å². The van der Waals surface area contributed by atoms with Crippen molar-refractivity contribution in [2.45, 2.75) is 20.4 Å². The summed E-state index contributed by atoms with van der Waals surface area (Å²) in [6.45, 7) is 3.96. The van der Waals surface area contributed by atoms with E-state index < -0.39 is 16.7 Å². The lowest BCUT2D eigenvalue weighted by molar-refractivity contribution is -0.384. The molecule has 0 spiro atoms. The number of carbonyl (C=O) groups excluding carboxylic acids is 2. The highest BCUT2D eigenvalue weighted by Crippen LogP contribution is 2.33.